The first kappa shape index (κ1) is 36.8. The molecule has 0 radical (unpaired) electrons. The zero-order chi connectivity index (χ0) is 29.9. The van der Waals surface area contributed by atoms with E-state index in [1.54, 1.807) is 0 Å². The van der Waals surface area contributed by atoms with Crippen LogP contribution in [0.4, 0.5) is 0 Å². The summed E-state index contributed by atoms with van der Waals surface area (Å²) in [6.07, 6.45) is 34.3. The number of carbonyl (C=O) groups excluding carboxylic acids is 3. The molecular weight excluding hydrogens is 502 g/mol. The van der Waals surface area contributed by atoms with E-state index < -0.39 is 17.6 Å². The number of amides is 1. The van der Waals surface area contributed by atoms with Crippen LogP contribution in [0.15, 0.2) is 72.9 Å². The van der Waals surface area contributed by atoms with Crippen LogP contribution in [0.25, 0.3) is 0 Å². The van der Waals surface area contributed by atoms with Gasteiger partial charge in [-0.25, -0.2) is 4.79 Å². The molecule has 0 aliphatic carbocycles. The van der Waals surface area contributed by atoms with E-state index in [0.29, 0.717) is 32.1 Å². The van der Waals surface area contributed by atoms with Gasteiger partial charge in [0, 0.05) is 12.8 Å². The van der Waals surface area contributed by atoms with Gasteiger partial charge in [-0.3, -0.25) is 9.59 Å². The molecule has 0 heterocycles. The Morgan fingerprint density at radius 2 is 1.18 bits per heavy atom. The number of unbranched alkanes of at least 4 members (excludes halogenated alkanes) is 1. The molecule has 0 spiro atoms. The standard InChI is InChI=1S/C34H53NO5/c1-6-7-8-9-10-11-12-13-14-15-16-17-18-19-20-21-22-23-24-28-31(36)35-30(33(38)39-5)27-25-26-29-32(37)40-34(2,3)4/h7-8,10-11,13-14,16-17,19-20,22-23,30H,6,9,12,15,18,21,24-29H2,1-5H3,(H,35,36)/b8-7-,11-10-,14-13-,17-16-,20-19-,23-22-. The molecule has 0 saturated heterocycles. The number of carbonyl (C=O) groups is 3. The number of allylic oxidation sites excluding steroid dienone is 12. The van der Waals surface area contributed by atoms with Gasteiger partial charge in [0.1, 0.15) is 11.6 Å². The van der Waals surface area contributed by atoms with Gasteiger partial charge in [-0.1, -0.05) is 86.3 Å². The van der Waals surface area contributed by atoms with Crippen LogP contribution in [0.2, 0.25) is 0 Å². The topological polar surface area (TPSA) is 81.7 Å². The lowest BCUT2D eigenvalue weighted by molar-refractivity contribution is -0.155. The van der Waals surface area contributed by atoms with Gasteiger partial charge < -0.3 is 14.8 Å². The number of hydrogen-bond acceptors (Lipinski definition) is 5. The van der Waals surface area contributed by atoms with Crippen LogP contribution in [0.1, 0.15) is 105 Å². The number of methoxy groups -OCH3 is 1. The summed E-state index contributed by atoms with van der Waals surface area (Å²) in [6, 6.07) is -0.707. The third kappa shape index (κ3) is 25.1. The van der Waals surface area contributed by atoms with Crippen molar-refractivity contribution in [3.05, 3.63) is 72.9 Å². The van der Waals surface area contributed by atoms with Crippen molar-refractivity contribution in [3.63, 3.8) is 0 Å². The van der Waals surface area contributed by atoms with Crippen molar-refractivity contribution in [3.8, 4) is 0 Å². The van der Waals surface area contributed by atoms with E-state index in [0.717, 1.165) is 38.5 Å². The molecule has 1 atom stereocenters. The Morgan fingerprint density at radius 1 is 0.700 bits per heavy atom. The Kier molecular flexibility index (Phi) is 22.9. The largest absolute Gasteiger partial charge is 0.467 e. The molecule has 0 saturated carbocycles. The highest BCUT2D eigenvalue weighted by atomic mass is 16.6. The summed E-state index contributed by atoms with van der Waals surface area (Å²) in [5.74, 6) is -0.927. The van der Waals surface area contributed by atoms with E-state index in [2.05, 4.69) is 73.0 Å². The summed E-state index contributed by atoms with van der Waals surface area (Å²) in [4.78, 5) is 36.2. The summed E-state index contributed by atoms with van der Waals surface area (Å²) in [5, 5.41) is 2.76. The first-order valence-corrected chi connectivity index (χ1v) is 14.7. The van der Waals surface area contributed by atoms with E-state index in [9.17, 15) is 14.4 Å². The SMILES string of the molecule is CC/C=C\C/C=C\C/C=C\C/C=C\C/C=C\C/C=C\CCC(=O)NC(CCCCC(=O)OC(C)(C)C)C(=O)OC. The van der Waals surface area contributed by atoms with E-state index >= 15 is 0 Å². The molecular formula is C34H53NO5. The second-order valence-electron chi connectivity index (χ2n) is 10.4. The van der Waals surface area contributed by atoms with Crippen molar-refractivity contribution in [2.45, 2.75) is 116 Å². The highest BCUT2D eigenvalue weighted by Crippen LogP contribution is 2.12. The molecule has 6 heteroatoms. The van der Waals surface area contributed by atoms with E-state index in [1.807, 2.05) is 32.9 Å². The first-order chi connectivity index (χ1) is 19.2. The van der Waals surface area contributed by atoms with E-state index in [-0.39, 0.29) is 18.3 Å². The monoisotopic (exact) mass is 555 g/mol. The minimum Gasteiger partial charge on any atom is -0.467 e. The Balaban J connectivity index is 4.05. The van der Waals surface area contributed by atoms with Gasteiger partial charge in [-0.15, -0.1) is 0 Å². The van der Waals surface area contributed by atoms with Gasteiger partial charge in [0.05, 0.1) is 7.11 Å². The lowest BCUT2D eigenvalue weighted by Crippen LogP contribution is -2.41. The van der Waals surface area contributed by atoms with Crippen molar-refractivity contribution in [2.24, 2.45) is 0 Å². The van der Waals surface area contributed by atoms with Gasteiger partial charge in [-0.2, -0.15) is 0 Å². The number of hydrogen-bond donors (Lipinski definition) is 1. The quantitative estimate of drug-likeness (QED) is 0.0881. The van der Waals surface area contributed by atoms with Crippen molar-refractivity contribution >= 4 is 17.8 Å². The predicted octanol–water partition coefficient (Wildman–Crippen LogP) is 8.02. The fourth-order valence-corrected chi connectivity index (χ4v) is 3.52. The van der Waals surface area contributed by atoms with Crippen LogP contribution in [0.3, 0.4) is 0 Å². The van der Waals surface area contributed by atoms with Crippen molar-refractivity contribution in [1.82, 2.24) is 5.32 Å². The van der Waals surface area contributed by atoms with Gasteiger partial charge in [0.15, 0.2) is 0 Å². The molecule has 0 aromatic carbocycles. The van der Waals surface area contributed by atoms with Gasteiger partial charge >= 0.3 is 11.9 Å². The fraction of sp³-hybridized carbons (Fsp3) is 0.559. The van der Waals surface area contributed by atoms with Gasteiger partial charge in [-0.05, 0) is 78.6 Å². The molecule has 0 bridgehead atoms. The molecule has 0 rings (SSSR count). The summed E-state index contributed by atoms with van der Waals surface area (Å²) in [6.45, 7) is 7.62. The Bertz CT molecular complexity index is 871. The molecule has 1 N–H and O–H groups in total. The minimum absolute atomic E-state index is 0.193. The van der Waals surface area contributed by atoms with Crippen LogP contribution in [-0.2, 0) is 23.9 Å². The molecule has 224 valence electrons. The maximum Gasteiger partial charge on any atom is 0.328 e. The van der Waals surface area contributed by atoms with Crippen molar-refractivity contribution in [2.75, 3.05) is 7.11 Å². The molecule has 0 aliphatic heterocycles. The summed E-state index contributed by atoms with van der Waals surface area (Å²) >= 11 is 0. The van der Waals surface area contributed by atoms with Crippen molar-refractivity contribution < 1.29 is 23.9 Å². The van der Waals surface area contributed by atoms with Crippen LogP contribution in [0.5, 0.6) is 0 Å². The zero-order valence-electron chi connectivity index (χ0n) is 25.5. The summed E-state index contributed by atoms with van der Waals surface area (Å²) < 4.78 is 10.1. The lowest BCUT2D eigenvalue weighted by atomic mass is 10.1. The molecule has 0 fully saturated rings. The third-order valence-electron chi connectivity index (χ3n) is 5.50. The van der Waals surface area contributed by atoms with Crippen LogP contribution in [0, 0.1) is 0 Å². The number of rotatable bonds is 21. The number of ether oxygens (including phenoxy) is 2. The highest BCUT2D eigenvalue weighted by molar-refractivity contribution is 5.84. The maximum absolute atomic E-state index is 12.3. The van der Waals surface area contributed by atoms with Gasteiger partial charge in [0.25, 0.3) is 0 Å². The number of esters is 2. The molecule has 1 amide bonds. The zero-order valence-corrected chi connectivity index (χ0v) is 25.5. The van der Waals surface area contributed by atoms with Crippen molar-refractivity contribution in [1.29, 1.82) is 0 Å². The summed E-state index contributed by atoms with van der Waals surface area (Å²) in [7, 11) is 1.31. The molecule has 40 heavy (non-hydrogen) atoms. The molecule has 0 aromatic heterocycles. The van der Waals surface area contributed by atoms with Crippen LogP contribution < -0.4 is 5.32 Å². The number of nitrogens with one attached hydrogen (secondary N) is 1. The van der Waals surface area contributed by atoms with E-state index in [1.165, 1.54) is 7.11 Å². The second-order valence-corrected chi connectivity index (χ2v) is 10.4. The summed E-state index contributed by atoms with van der Waals surface area (Å²) in [5.41, 5.74) is -0.511. The lowest BCUT2D eigenvalue weighted by Gasteiger charge is -2.19. The third-order valence-corrected chi connectivity index (χ3v) is 5.50. The van der Waals surface area contributed by atoms with Gasteiger partial charge in [0.2, 0.25) is 5.91 Å². The second kappa shape index (κ2) is 24.9. The van der Waals surface area contributed by atoms with E-state index in [4.69, 9.17) is 9.47 Å². The fourth-order valence-electron chi connectivity index (χ4n) is 3.52. The first-order valence-electron chi connectivity index (χ1n) is 14.7. The predicted molar refractivity (Wildman–Crippen MR) is 166 cm³/mol. The Morgan fingerprint density at radius 3 is 1.62 bits per heavy atom. The maximum atomic E-state index is 12.3. The average Bonchev–Trinajstić information content (AvgIpc) is 2.90. The smallest absolute Gasteiger partial charge is 0.328 e. The average molecular weight is 556 g/mol. The Labute approximate surface area is 243 Å². The highest BCUT2D eigenvalue weighted by Gasteiger charge is 2.21. The van der Waals surface area contributed by atoms with Crippen LogP contribution in [-0.4, -0.2) is 36.6 Å². The minimum atomic E-state index is -0.707. The normalized spacial score (nSPS) is 13.4. The molecule has 1 unspecified atom stereocenters. The molecule has 6 nitrogen and oxygen atoms in total. The molecule has 0 aliphatic rings. The van der Waals surface area contributed by atoms with Crippen LogP contribution >= 0.6 is 0 Å². The Hall–Kier alpha value is -3.15. The molecule has 0 aromatic rings.